The van der Waals surface area contributed by atoms with Gasteiger partial charge in [-0.15, -0.1) is 0 Å². The molecule has 1 aliphatic rings. The van der Waals surface area contributed by atoms with Crippen molar-refractivity contribution in [2.24, 2.45) is 0 Å². The van der Waals surface area contributed by atoms with Gasteiger partial charge < -0.3 is 33.3 Å². The third kappa shape index (κ3) is 6.67. The van der Waals surface area contributed by atoms with E-state index in [1.54, 1.807) is 63.6 Å². The third-order valence-corrected chi connectivity index (χ3v) is 6.83. The van der Waals surface area contributed by atoms with E-state index in [0.29, 0.717) is 72.7 Å². The average Bonchev–Trinajstić information content (AvgIpc) is 3.00. The summed E-state index contributed by atoms with van der Waals surface area (Å²) in [7, 11) is 3.19. The molecule has 41 heavy (non-hydrogen) atoms. The van der Waals surface area contributed by atoms with Gasteiger partial charge in [-0.05, 0) is 92.9 Å². The molecule has 0 radical (unpaired) electrons. The molecule has 0 saturated carbocycles. The zero-order valence-corrected chi connectivity index (χ0v) is 24.2. The molecule has 3 aromatic rings. The molecule has 218 valence electrons. The fourth-order valence-electron chi connectivity index (χ4n) is 4.88. The van der Waals surface area contributed by atoms with E-state index in [9.17, 15) is 9.59 Å². The van der Waals surface area contributed by atoms with E-state index in [4.69, 9.17) is 28.4 Å². The second-order valence-corrected chi connectivity index (χ2v) is 9.25. The van der Waals surface area contributed by atoms with Crippen molar-refractivity contribution in [2.75, 3.05) is 47.2 Å². The van der Waals surface area contributed by atoms with Crippen molar-refractivity contribution in [1.82, 2.24) is 4.90 Å². The van der Waals surface area contributed by atoms with Gasteiger partial charge >= 0.3 is 5.97 Å². The molecule has 0 bridgehead atoms. The predicted molar refractivity (Wildman–Crippen MR) is 154 cm³/mol. The number of nitrogens with zero attached hydrogens (tertiary/aromatic N) is 1. The summed E-state index contributed by atoms with van der Waals surface area (Å²) in [4.78, 5) is 27.8. The van der Waals surface area contributed by atoms with Crippen LogP contribution in [0.1, 0.15) is 58.7 Å². The summed E-state index contributed by atoms with van der Waals surface area (Å²) in [6.45, 7) is 7.45. The number of carbonyl (C=O) groups is 2. The Morgan fingerprint density at radius 1 is 0.756 bits per heavy atom. The molecule has 1 heterocycles. The van der Waals surface area contributed by atoms with Crippen molar-refractivity contribution >= 4 is 11.9 Å². The van der Waals surface area contributed by atoms with E-state index in [2.05, 4.69) is 0 Å². The van der Waals surface area contributed by atoms with Gasteiger partial charge in [-0.1, -0.05) is 0 Å². The van der Waals surface area contributed by atoms with Gasteiger partial charge in [0.25, 0.3) is 5.91 Å². The van der Waals surface area contributed by atoms with Crippen LogP contribution >= 0.6 is 0 Å². The highest BCUT2D eigenvalue weighted by Crippen LogP contribution is 2.39. The first-order valence-electron chi connectivity index (χ1n) is 13.8. The first kappa shape index (κ1) is 29.6. The quantitative estimate of drug-likeness (QED) is 0.267. The molecule has 4 rings (SSSR count). The number of hydrogen-bond acceptors (Lipinski definition) is 8. The Labute approximate surface area is 240 Å². The molecule has 0 fully saturated rings. The van der Waals surface area contributed by atoms with Crippen LogP contribution in [0, 0.1) is 0 Å². The number of amides is 1. The number of rotatable bonds is 12. The Hall–Kier alpha value is -4.40. The Bertz CT molecular complexity index is 1350. The maximum Gasteiger partial charge on any atom is 0.338 e. The van der Waals surface area contributed by atoms with Crippen molar-refractivity contribution in [3.05, 3.63) is 76.9 Å². The van der Waals surface area contributed by atoms with Gasteiger partial charge in [0.2, 0.25) is 0 Å². The average molecular weight is 564 g/mol. The van der Waals surface area contributed by atoms with Gasteiger partial charge in [0, 0.05) is 12.1 Å². The van der Waals surface area contributed by atoms with E-state index in [-0.39, 0.29) is 18.5 Å². The summed E-state index contributed by atoms with van der Waals surface area (Å²) in [6, 6.07) is 15.5. The smallest absolute Gasteiger partial charge is 0.338 e. The van der Waals surface area contributed by atoms with Gasteiger partial charge in [-0.2, -0.15) is 0 Å². The predicted octanol–water partition coefficient (Wildman–Crippen LogP) is 5.50. The van der Waals surface area contributed by atoms with Crippen LogP contribution < -0.4 is 23.7 Å². The maximum atomic E-state index is 14.0. The molecule has 3 aromatic carbocycles. The zero-order valence-electron chi connectivity index (χ0n) is 24.2. The van der Waals surface area contributed by atoms with Crippen LogP contribution in [0.15, 0.2) is 54.6 Å². The summed E-state index contributed by atoms with van der Waals surface area (Å²) in [5.74, 6) is 2.35. The van der Waals surface area contributed by atoms with Gasteiger partial charge in [0.1, 0.15) is 12.4 Å². The number of hydrogen-bond donors (Lipinski definition) is 0. The van der Waals surface area contributed by atoms with E-state index < -0.39 is 6.04 Å². The highest BCUT2D eigenvalue weighted by molar-refractivity contribution is 5.95. The molecular formula is C32H37NO8. The van der Waals surface area contributed by atoms with E-state index >= 15 is 0 Å². The summed E-state index contributed by atoms with van der Waals surface area (Å²) >= 11 is 0. The molecule has 9 heteroatoms. The normalized spacial score (nSPS) is 14.1. The summed E-state index contributed by atoms with van der Waals surface area (Å²) < 4.78 is 33.8. The molecule has 0 aliphatic carbocycles. The number of fused-ring (bicyclic) bond motifs is 1. The molecule has 0 spiro atoms. The minimum absolute atomic E-state index is 0.152. The van der Waals surface area contributed by atoms with Gasteiger partial charge in [0.15, 0.2) is 23.0 Å². The Morgan fingerprint density at radius 3 is 2.07 bits per heavy atom. The van der Waals surface area contributed by atoms with Gasteiger partial charge in [-0.25, -0.2) is 4.79 Å². The lowest BCUT2D eigenvalue weighted by molar-refractivity contribution is 0.0524. The molecule has 9 nitrogen and oxygen atoms in total. The Balaban J connectivity index is 1.66. The monoisotopic (exact) mass is 563 g/mol. The first-order valence-corrected chi connectivity index (χ1v) is 13.8. The molecular weight excluding hydrogens is 526 g/mol. The zero-order chi connectivity index (χ0) is 29.4. The fraction of sp³-hybridized carbons (Fsp3) is 0.375. The molecule has 0 N–H and O–H groups in total. The highest BCUT2D eigenvalue weighted by atomic mass is 16.5. The van der Waals surface area contributed by atoms with Crippen LogP contribution in [-0.4, -0.2) is 64.0 Å². The van der Waals surface area contributed by atoms with Crippen LogP contribution in [0.2, 0.25) is 0 Å². The second kappa shape index (κ2) is 13.8. The van der Waals surface area contributed by atoms with Crippen LogP contribution in [0.3, 0.4) is 0 Å². The van der Waals surface area contributed by atoms with Crippen LogP contribution in [0.25, 0.3) is 0 Å². The molecule has 1 atom stereocenters. The topological polar surface area (TPSA) is 92.8 Å². The minimum Gasteiger partial charge on any atom is -0.493 e. The molecule has 0 aromatic heterocycles. The SMILES string of the molecule is CCOC(=O)c1ccc(OC[C@@H]2c3cc(OC)c(OC)cc3CCN2C(=O)c2ccc(OCC)c(OCC)c2)cc1. The number of benzene rings is 3. The van der Waals surface area contributed by atoms with Crippen LogP contribution in [-0.2, 0) is 11.2 Å². The van der Waals surface area contributed by atoms with Crippen LogP contribution in [0.4, 0.5) is 0 Å². The van der Waals surface area contributed by atoms with E-state index in [0.717, 1.165) is 11.1 Å². The first-order chi connectivity index (χ1) is 19.9. The lowest BCUT2D eigenvalue weighted by Gasteiger charge is -2.37. The largest absolute Gasteiger partial charge is 0.493 e. The summed E-state index contributed by atoms with van der Waals surface area (Å²) in [5.41, 5.74) is 2.90. The maximum absolute atomic E-state index is 14.0. The lowest BCUT2D eigenvalue weighted by atomic mass is 9.91. The molecule has 1 aliphatic heterocycles. The number of carbonyl (C=O) groups excluding carboxylic acids is 2. The van der Waals surface area contributed by atoms with Crippen molar-refractivity contribution < 1.29 is 38.0 Å². The molecule has 1 amide bonds. The lowest BCUT2D eigenvalue weighted by Crippen LogP contribution is -2.42. The van der Waals surface area contributed by atoms with Crippen molar-refractivity contribution in [3.63, 3.8) is 0 Å². The van der Waals surface area contributed by atoms with Crippen molar-refractivity contribution in [3.8, 4) is 28.7 Å². The molecule has 0 saturated heterocycles. The van der Waals surface area contributed by atoms with Crippen molar-refractivity contribution in [2.45, 2.75) is 33.2 Å². The van der Waals surface area contributed by atoms with Gasteiger partial charge in [-0.3, -0.25) is 4.79 Å². The number of ether oxygens (including phenoxy) is 6. The summed E-state index contributed by atoms with van der Waals surface area (Å²) in [6.07, 6.45) is 0.640. The second-order valence-electron chi connectivity index (χ2n) is 9.25. The van der Waals surface area contributed by atoms with E-state index in [1.165, 1.54) is 0 Å². The van der Waals surface area contributed by atoms with E-state index in [1.807, 2.05) is 30.9 Å². The minimum atomic E-state index is -0.419. The summed E-state index contributed by atoms with van der Waals surface area (Å²) in [5, 5.41) is 0. The molecule has 0 unspecified atom stereocenters. The van der Waals surface area contributed by atoms with Gasteiger partial charge in [0.05, 0.1) is 45.6 Å². The number of methoxy groups -OCH3 is 2. The number of esters is 1. The standard InChI is InChI=1S/C32H37NO8/c1-6-38-27-14-11-23(18-30(27)39-7-2)31(34)33-16-15-22-17-28(36-4)29(37-5)19-25(22)26(33)20-41-24-12-9-21(10-13-24)32(35)40-8-3/h9-14,17-19,26H,6-8,15-16,20H2,1-5H3/t26-/m1/s1. The third-order valence-electron chi connectivity index (χ3n) is 6.83. The van der Waals surface area contributed by atoms with Crippen LogP contribution in [0.5, 0.6) is 28.7 Å². The fourth-order valence-corrected chi connectivity index (χ4v) is 4.88. The Kier molecular flexibility index (Phi) is 9.95. The Morgan fingerprint density at radius 2 is 1.41 bits per heavy atom. The highest BCUT2D eigenvalue weighted by Gasteiger charge is 2.34. The van der Waals surface area contributed by atoms with Crippen molar-refractivity contribution in [1.29, 1.82) is 0 Å².